The van der Waals surface area contributed by atoms with Gasteiger partial charge in [-0.25, -0.2) is 14.6 Å². The molecule has 0 N–H and O–H groups in total. The molecule has 0 aromatic carbocycles. The largest absolute Gasteiger partial charge is 0.464 e. The summed E-state index contributed by atoms with van der Waals surface area (Å²) in [6.45, 7) is 8.98. The van der Waals surface area contributed by atoms with Crippen molar-refractivity contribution in [3.8, 4) is 0 Å². The van der Waals surface area contributed by atoms with Gasteiger partial charge in [-0.1, -0.05) is 6.92 Å². The summed E-state index contributed by atoms with van der Waals surface area (Å²) in [6, 6.07) is -0.790. The standard InChI is InChI=1S/C17H22N2O5S/c1-6-7-23-16(21)11(5)19-8-18-14-12(15(19)20)10(4)13(25-14)17(22)24-9(2)3/h8-9,11H,6-7H2,1-5H3. The fourth-order valence-electron chi connectivity index (χ4n) is 2.31. The van der Waals surface area contributed by atoms with Gasteiger partial charge in [-0.2, -0.15) is 0 Å². The Labute approximate surface area is 149 Å². The van der Waals surface area contributed by atoms with Gasteiger partial charge >= 0.3 is 11.9 Å². The van der Waals surface area contributed by atoms with Crippen LogP contribution >= 0.6 is 11.3 Å². The second-order valence-corrected chi connectivity index (χ2v) is 6.99. The van der Waals surface area contributed by atoms with E-state index in [2.05, 4.69) is 4.98 Å². The van der Waals surface area contributed by atoms with Crippen LogP contribution in [0.5, 0.6) is 0 Å². The average molecular weight is 366 g/mol. The first kappa shape index (κ1) is 19.1. The highest BCUT2D eigenvalue weighted by atomic mass is 32.1. The highest BCUT2D eigenvalue weighted by molar-refractivity contribution is 7.20. The van der Waals surface area contributed by atoms with Gasteiger partial charge in [-0.3, -0.25) is 9.36 Å². The van der Waals surface area contributed by atoms with Crippen molar-refractivity contribution in [2.75, 3.05) is 6.61 Å². The molecule has 7 nitrogen and oxygen atoms in total. The Kier molecular flexibility index (Phi) is 5.94. The predicted molar refractivity (Wildman–Crippen MR) is 95.1 cm³/mol. The summed E-state index contributed by atoms with van der Waals surface area (Å²) in [4.78, 5) is 42.0. The molecule has 0 aliphatic heterocycles. The van der Waals surface area contributed by atoms with Crippen LogP contribution in [0.3, 0.4) is 0 Å². The van der Waals surface area contributed by atoms with E-state index < -0.39 is 18.0 Å². The fourth-order valence-corrected chi connectivity index (χ4v) is 3.33. The van der Waals surface area contributed by atoms with Crippen molar-refractivity contribution in [1.29, 1.82) is 0 Å². The maximum Gasteiger partial charge on any atom is 0.348 e. The van der Waals surface area contributed by atoms with Crippen LogP contribution in [0, 0.1) is 6.92 Å². The van der Waals surface area contributed by atoms with Crippen LogP contribution in [-0.4, -0.2) is 34.2 Å². The van der Waals surface area contributed by atoms with E-state index in [1.54, 1.807) is 27.7 Å². The maximum absolute atomic E-state index is 12.8. The Hall–Kier alpha value is -2.22. The van der Waals surface area contributed by atoms with E-state index >= 15 is 0 Å². The fraction of sp³-hybridized carbons (Fsp3) is 0.529. The maximum atomic E-state index is 12.8. The molecule has 136 valence electrons. The van der Waals surface area contributed by atoms with Crippen LogP contribution in [-0.2, 0) is 14.3 Å². The molecular weight excluding hydrogens is 344 g/mol. The molecule has 0 aliphatic rings. The number of esters is 2. The minimum atomic E-state index is -0.790. The molecule has 0 saturated carbocycles. The first-order chi connectivity index (χ1) is 11.8. The van der Waals surface area contributed by atoms with Crippen molar-refractivity contribution in [3.63, 3.8) is 0 Å². The van der Waals surface area contributed by atoms with Gasteiger partial charge in [0.05, 0.1) is 24.4 Å². The van der Waals surface area contributed by atoms with Gasteiger partial charge in [0, 0.05) is 0 Å². The van der Waals surface area contributed by atoms with E-state index in [1.807, 2.05) is 6.92 Å². The summed E-state index contributed by atoms with van der Waals surface area (Å²) in [5.41, 5.74) is 0.148. The summed E-state index contributed by atoms with van der Waals surface area (Å²) in [5, 5.41) is 0.332. The number of hydrogen-bond acceptors (Lipinski definition) is 7. The Bertz CT molecular complexity index is 853. The van der Waals surface area contributed by atoms with Crippen LogP contribution in [0.15, 0.2) is 11.1 Å². The SMILES string of the molecule is CCCOC(=O)C(C)n1cnc2sc(C(=O)OC(C)C)c(C)c2c1=O. The summed E-state index contributed by atoms with van der Waals surface area (Å²) >= 11 is 1.12. The van der Waals surface area contributed by atoms with Crippen LogP contribution in [0.25, 0.3) is 10.2 Å². The zero-order valence-corrected chi connectivity index (χ0v) is 15.8. The molecule has 2 rings (SSSR count). The third-order valence-corrected chi connectivity index (χ3v) is 4.79. The van der Waals surface area contributed by atoms with Crippen LogP contribution in [0.1, 0.15) is 55.4 Å². The second-order valence-electron chi connectivity index (χ2n) is 5.99. The quantitative estimate of drug-likeness (QED) is 0.731. The van der Waals surface area contributed by atoms with E-state index in [4.69, 9.17) is 9.47 Å². The molecule has 0 radical (unpaired) electrons. The number of thiophene rings is 1. The lowest BCUT2D eigenvalue weighted by molar-refractivity contribution is -0.147. The van der Waals surface area contributed by atoms with Crippen LogP contribution in [0.2, 0.25) is 0 Å². The van der Waals surface area contributed by atoms with Gasteiger partial charge in [-0.05, 0) is 39.7 Å². The van der Waals surface area contributed by atoms with E-state index in [0.29, 0.717) is 33.7 Å². The molecule has 8 heteroatoms. The van der Waals surface area contributed by atoms with E-state index in [1.165, 1.54) is 10.9 Å². The minimum Gasteiger partial charge on any atom is -0.464 e. The van der Waals surface area contributed by atoms with E-state index in [9.17, 15) is 14.4 Å². The first-order valence-electron chi connectivity index (χ1n) is 8.15. The van der Waals surface area contributed by atoms with Crippen molar-refractivity contribution in [3.05, 3.63) is 27.1 Å². The molecule has 0 saturated heterocycles. The number of rotatable bonds is 6. The third kappa shape index (κ3) is 3.89. The van der Waals surface area contributed by atoms with E-state index in [-0.39, 0.29) is 11.7 Å². The summed E-state index contributed by atoms with van der Waals surface area (Å²) in [6.07, 6.45) is 1.76. The van der Waals surface area contributed by atoms with E-state index in [0.717, 1.165) is 11.3 Å². The number of aryl methyl sites for hydroxylation is 1. The predicted octanol–water partition coefficient (Wildman–Crippen LogP) is 2.85. The van der Waals surface area contributed by atoms with Gasteiger partial charge in [-0.15, -0.1) is 11.3 Å². The highest BCUT2D eigenvalue weighted by Gasteiger charge is 2.24. The zero-order valence-electron chi connectivity index (χ0n) is 15.0. The summed E-state index contributed by atoms with van der Waals surface area (Å²) in [7, 11) is 0. The van der Waals surface area contributed by atoms with Gasteiger partial charge < -0.3 is 9.47 Å². The smallest absolute Gasteiger partial charge is 0.348 e. The number of aromatic nitrogens is 2. The molecule has 0 spiro atoms. The van der Waals surface area contributed by atoms with Gasteiger partial charge in [0.1, 0.15) is 15.7 Å². The van der Waals surface area contributed by atoms with Crippen molar-refractivity contribution >= 4 is 33.5 Å². The molecule has 2 heterocycles. The van der Waals surface area contributed by atoms with Crippen LogP contribution in [0.4, 0.5) is 0 Å². The number of ether oxygens (including phenoxy) is 2. The lowest BCUT2D eigenvalue weighted by Gasteiger charge is -2.13. The summed E-state index contributed by atoms with van der Waals surface area (Å²) in [5.74, 6) is -0.964. The molecular formula is C17H22N2O5S. The van der Waals surface area contributed by atoms with Crippen LogP contribution < -0.4 is 5.56 Å². The van der Waals surface area contributed by atoms with Gasteiger partial charge in [0.15, 0.2) is 0 Å². The molecule has 0 aliphatic carbocycles. The number of carbonyl (C=O) groups is 2. The second kappa shape index (κ2) is 7.77. The number of fused-ring (bicyclic) bond motifs is 1. The lowest BCUT2D eigenvalue weighted by atomic mass is 10.2. The number of carbonyl (C=O) groups excluding carboxylic acids is 2. The first-order valence-corrected chi connectivity index (χ1v) is 8.97. The van der Waals surface area contributed by atoms with Gasteiger partial charge in [0.2, 0.25) is 0 Å². The van der Waals surface area contributed by atoms with Gasteiger partial charge in [0.25, 0.3) is 5.56 Å². The average Bonchev–Trinajstić information content (AvgIpc) is 2.89. The molecule has 1 unspecified atom stereocenters. The minimum absolute atomic E-state index is 0.255. The highest BCUT2D eigenvalue weighted by Crippen LogP contribution is 2.28. The van der Waals surface area contributed by atoms with Crippen molar-refractivity contribution < 1.29 is 19.1 Å². The third-order valence-electron chi connectivity index (χ3n) is 3.61. The number of nitrogens with zero attached hydrogens (tertiary/aromatic N) is 2. The molecule has 0 bridgehead atoms. The van der Waals surface area contributed by atoms with Crippen molar-refractivity contribution in [2.24, 2.45) is 0 Å². The van der Waals surface area contributed by atoms with Crippen molar-refractivity contribution in [2.45, 2.75) is 53.2 Å². The molecule has 2 aromatic heterocycles. The molecule has 0 amide bonds. The lowest BCUT2D eigenvalue weighted by Crippen LogP contribution is -2.29. The molecule has 2 aromatic rings. The molecule has 1 atom stereocenters. The Morgan fingerprint density at radius 3 is 2.60 bits per heavy atom. The Morgan fingerprint density at radius 1 is 1.32 bits per heavy atom. The van der Waals surface area contributed by atoms with Crippen molar-refractivity contribution in [1.82, 2.24) is 9.55 Å². The zero-order chi connectivity index (χ0) is 18.7. The monoisotopic (exact) mass is 366 g/mol. The Morgan fingerprint density at radius 2 is 2.00 bits per heavy atom. The molecule has 0 fully saturated rings. The topological polar surface area (TPSA) is 87.5 Å². The number of hydrogen-bond donors (Lipinski definition) is 0. The molecule has 25 heavy (non-hydrogen) atoms. The summed E-state index contributed by atoms with van der Waals surface area (Å²) < 4.78 is 11.5. The Balaban J connectivity index is 2.46. The normalized spacial score (nSPS) is 12.4.